The van der Waals surface area contributed by atoms with Crippen LogP contribution >= 0.6 is 0 Å². The Kier molecular flexibility index (Phi) is 4.93. The van der Waals surface area contributed by atoms with E-state index >= 15 is 0 Å². The van der Waals surface area contributed by atoms with Crippen LogP contribution in [0, 0.1) is 0 Å². The number of carbonyl (C=O) groups excluding carboxylic acids is 3. The fraction of sp³-hybridized carbons (Fsp3) is 0.812. The predicted octanol–water partition coefficient (Wildman–Crippen LogP) is -0.579. The number of aliphatic hydroxyl groups excluding tert-OH is 1. The van der Waals surface area contributed by atoms with E-state index in [1.165, 1.54) is 18.2 Å². The maximum atomic E-state index is 12.4. The van der Waals surface area contributed by atoms with Gasteiger partial charge in [0.15, 0.2) is 0 Å². The number of rotatable bonds is 2. The minimum absolute atomic E-state index is 0.153. The first-order valence-electron chi connectivity index (χ1n) is 8.81. The molecule has 8 heteroatoms. The van der Waals surface area contributed by atoms with Gasteiger partial charge in [-0.15, -0.1) is 0 Å². The smallest absolute Gasteiger partial charge is 0.317 e. The minimum atomic E-state index is -0.935. The van der Waals surface area contributed by atoms with E-state index in [1.807, 2.05) is 0 Å². The quantitative estimate of drug-likeness (QED) is 0.627. The Morgan fingerprint density at radius 1 is 1.25 bits per heavy atom. The minimum Gasteiger partial charge on any atom is -0.391 e. The van der Waals surface area contributed by atoms with Gasteiger partial charge in [-0.25, -0.2) is 4.79 Å². The number of piperazine rings is 2. The summed E-state index contributed by atoms with van der Waals surface area (Å²) in [5.74, 6) is -0.586. The molecule has 0 unspecified atom stereocenters. The average Bonchev–Trinajstić information content (AvgIpc) is 2.58. The zero-order valence-corrected chi connectivity index (χ0v) is 14.0. The van der Waals surface area contributed by atoms with Crippen LogP contribution in [0.1, 0.15) is 39.0 Å². The highest BCUT2D eigenvalue weighted by molar-refractivity contribution is 5.98. The van der Waals surface area contributed by atoms with Gasteiger partial charge >= 0.3 is 6.03 Å². The Balaban J connectivity index is 1.60. The molecule has 0 radical (unpaired) electrons. The predicted molar refractivity (Wildman–Crippen MR) is 86.1 cm³/mol. The number of urea groups is 1. The fourth-order valence-corrected chi connectivity index (χ4v) is 3.79. The highest BCUT2D eigenvalue weighted by Crippen LogP contribution is 2.20. The van der Waals surface area contributed by atoms with Gasteiger partial charge in [0.2, 0.25) is 11.8 Å². The molecule has 3 aliphatic rings. The summed E-state index contributed by atoms with van der Waals surface area (Å²) in [4.78, 5) is 40.2. The summed E-state index contributed by atoms with van der Waals surface area (Å²) in [5.41, 5.74) is 0. The summed E-state index contributed by atoms with van der Waals surface area (Å²) in [6, 6.07) is -1.50. The Bertz CT molecular complexity index is 518. The van der Waals surface area contributed by atoms with Crippen molar-refractivity contribution in [1.29, 1.82) is 0 Å². The SMILES string of the molecule is C[C@H](O)[C@H]1NC(=O)[C@H]2CN(C(=O)NC3CCCCC3)CCN2C1=O. The first-order valence-corrected chi connectivity index (χ1v) is 8.81. The Morgan fingerprint density at radius 3 is 2.62 bits per heavy atom. The molecule has 2 saturated heterocycles. The van der Waals surface area contributed by atoms with E-state index in [2.05, 4.69) is 10.6 Å². The molecule has 2 aliphatic heterocycles. The molecule has 0 bridgehead atoms. The lowest BCUT2D eigenvalue weighted by Crippen LogP contribution is -2.71. The summed E-state index contributed by atoms with van der Waals surface area (Å²) in [7, 11) is 0. The van der Waals surface area contributed by atoms with Crippen LogP contribution in [-0.4, -0.2) is 76.6 Å². The van der Waals surface area contributed by atoms with Crippen molar-refractivity contribution >= 4 is 17.8 Å². The molecule has 0 spiro atoms. The van der Waals surface area contributed by atoms with Crippen LogP contribution in [-0.2, 0) is 9.59 Å². The molecule has 0 aromatic carbocycles. The van der Waals surface area contributed by atoms with E-state index in [1.54, 1.807) is 4.90 Å². The van der Waals surface area contributed by atoms with Crippen LogP contribution in [0.5, 0.6) is 0 Å². The van der Waals surface area contributed by atoms with Crippen LogP contribution in [0.15, 0.2) is 0 Å². The van der Waals surface area contributed by atoms with Gasteiger partial charge in [0.1, 0.15) is 12.1 Å². The van der Waals surface area contributed by atoms with Gasteiger partial charge in [0, 0.05) is 19.1 Å². The molecule has 3 rings (SSSR count). The lowest BCUT2D eigenvalue weighted by atomic mass is 9.95. The van der Waals surface area contributed by atoms with Gasteiger partial charge in [0.05, 0.1) is 12.6 Å². The molecule has 3 atom stereocenters. The number of hydrogen-bond acceptors (Lipinski definition) is 4. The van der Waals surface area contributed by atoms with Gasteiger partial charge in [-0.3, -0.25) is 9.59 Å². The second-order valence-corrected chi connectivity index (χ2v) is 7.00. The third-order valence-electron chi connectivity index (χ3n) is 5.23. The third-order valence-corrected chi connectivity index (χ3v) is 5.23. The molecule has 0 aromatic heterocycles. The summed E-state index contributed by atoms with van der Waals surface area (Å²) >= 11 is 0. The monoisotopic (exact) mass is 338 g/mol. The number of fused-ring (bicyclic) bond motifs is 1. The van der Waals surface area contributed by atoms with Crippen LogP contribution in [0.3, 0.4) is 0 Å². The van der Waals surface area contributed by atoms with Crippen molar-refractivity contribution < 1.29 is 19.5 Å². The largest absolute Gasteiger partial charge is 0.391 e. The van der Waals surface area contributed by atoms with E-state index in [4.69, 9.17) is 0 Å². The first kappa shape index (κ1) is 17.0. The van der Waals surface area contributed by atoms with Crippen molar-refractivity contribution in [2.24, 2.45) is 0 Å². The maximum Gasteiger partial charge on any atom is 0.317 e. The van der Waals surface area contributed by atoms with Crippen molar-refractivity contribution in [3.63, 3.8) is 0 Å². The molecule has 1 saturated carbocycles. The Labute approximate surface area is 141 Å². The molecule has 3 fully saturated rings. The zero-order valence-electron chi connectivity index (χ0n) is 14.0. The Morgan fingerprint density at radius 2 is 1.96 bits per heavy atom. The highest BCUT2D eigenvalue weighted by atomic mass is 16.3. The molecule has 8 nitrogen and oxygen atoms in total. The number of aliphatic hydroxyl groups is 1. The maximum absolute atomic E-state index is 12.4. The van der Waals surface area contributed by atoms with Crippen molar-refractivity contribution in [1.82, 2.24) is 20.4 Å². The fourth-order valence-electron chi connectivity index (χ4n) is 3.79. The van der Waals surface area contributed by atoms with Crippen molar-refractivity contribution in [3.05, 3.63) is 0 Å². The summed E-state index contributed by atoms with van der Waals surface area (Å²) in [6.07, 6.45) is 4.57. The van der Waals surface area contributed by atoms with Crippen molar-refractivity contribution in [2.45, 2.75) is 63.3 Å². The number of nitrogens with one attached hydrogen (secondary N) is 2. The van der Waals surface area contributed by atoms with Crippen LogP contribution < -0.4 is 10.6 Å². The lowest BCUT2D eigenvalue weighted by Gasteiger charge is -2.45. The molecule has 1 aliphatic carbocycles. The zero-order chi connectivity index (χ0) is 17.3. The van der Waals surface area contributed by atoms with Gasteiger partial charge < -0.3 is 25.5 Å². The molecular formula is C16H26N4O4. The second kappa shape index (κ2) is 6.96. The van der Waals surface area contributed by atoms with Gasteiger partial charge in [-0.05, 0) is 19.8 Å². The van der Waals surface area contributed by atoms with Crippen LogP contribution in [0.4, 0.5) is 4.79 Å². The Hall–Kier alpha value is -1.83. The molecule has 0 aromatic rings. The molecule has 2 heterocycles. The first-order chi connectivity index (χ1) is 11.5. The third kappa shape index (κ3) is 3.33. The number of nitrogens with zero attached hydrogens (tertiary/aromatic N) is 2. The van der Waals surface area contributed by atoms with Gasteiger partial charge in [0.25, 0.3) is 0 Å². The molecular weight excluding hydrogens is 312 g/mol. The van der Waals surface area contributed by atoms with E-state index in [0.29, 0.717) is 13.1 Å². The normalized spacial score (nSPS) is 29.8. The number of carbonyl (C=O) groups is 3. The molecule has 3 N–H and O–H groups in total. The van der Waals surface area contributed by atoms with E-state index in [0.717, 1.165) is 25.7 Å². The van der Waals surface area contributed by atoms with Crippen molar-refractivity contribution in [3.8, 4) is 0 Å². The van der Waals surface area contributed by atoms with Gasteiger partial charge in [-0.1, -0.05) is 19.3 Å². The van der Waals surface area contributed by atoms with E-state index in [-0.39, 0.29) is 30.4 Å². The summed E-state index contributed by atoms with van der Waals surface area (Å²) in [5, 5.41) is 15.3. The molecule has 134 valence electrons. The van der Waals surface area contributed by atoms with Crippen molar-refractivity contribution in [2.75, 3.05) is 19.6 Å². The van der Waals surface area contributed by atoms with E-state index < -0.39 is 18.2 Å². The molecule has 24 heavy (non-hydrogen) atoms. The van der Waals surface area contributed by atoms with Gasteiger partial charge in [-0.2, -0.15) is 0 Å². The second-order valence-electron chi connectivity index (χ2n) is 7.00. The standard InChI is InChI=1S/C16H26N4O4/c1-10(21)13-15(23)20-8-7-19(9-12(20)14(22)18-13)16(24)17-11-5-3-2-4-6-11/h10-13,21H,2-9H2,1H3,(H,17,24)(H,18,22)/t10-,12+,13+/m0/s1. The summed E-state index contributed by atoms with van der Waals surface area (Å²) < 4.78 is 0. The number of hydrogen-bond donors (Lipinski definition) is 3. The summed E-state index contributed by atoms with van der Waals surface area (Å²) in [6.45, 7) is 2.40. The van der Waals surface area contributed by atoms with Crippen LogP contribution in [0.25, 0.3) is 0 Å². The van der Waals surface area contributed by atoms with Crippen LogP contribution in [0.2, 0.25) is 0 Å². The van der Waals surface area contributed by atoms with E-state index in [9.17, 15) is 19.5 Å². The average molecular weight is 338 g/mol. The topological polar surface area (TPSA) is 102 Å². The molecule has 4 amide bonds. The lowest BCUT2D eigenvalue weighted by molar-refractivity contribution is -0.155. The number of amides is 4. The highest BCUT2D eigenvalue weighted by Gasteiger charge is 2.45.